The van der Waals surface area contributed by atoms with Gasteiger partial charge in [0, 0.05) is 26.7 Å². The van der Waals surface area contributed by atoms with Crippen LogP contribution in [0.25, 0.3) is 11.0 Å². The van der Waals surface area contributed by atoms with Gasteiger partial charge in [0.2, 0.25) is 16.0 Å². The SMILES string of the molecule is Cn1ncc2c(N)nc(NCc3ccc(S(=O)(=O)N4CCCCC4)cc3)nc21. The summed E-state index contributed by atoms with van der Waals surface area (Å²) in [6, 6.07) is 6.91. The second-order valence-corrected chi connectivity index (χ2v) is 8.84. The molecule has 28 heavy (non-hydrogen) atoms. The van der Waals surface area contributed by atoms with Gasteiger partial charge < -0.3 is 11.1 Å². The number of aromatic nitrogens is 4. The van der Waals surface area contributed by atoms with Crippen LogP contribution in [0.1, 0.15) is 24.8 Å². The van der Waals surface area contributed by atoms with E-state index in [0.717, 1.165) is 24.8 Å². The first-order valence-corrected chi connectivity index (χ1v) is 10.7. The Morgan fingerprint density at radius 1 is 1.11 bits per heavy atom. The quantitative estimate of drug-likeness (QED) is 0.668. The molecule has 1 fully saturated rings. The van der Waals surface area contributed by atoms with Gasteiger partial charge in [-0.2, -0.15) is 19.4 Å². The number of nitrogen functional groups attached to an aromatic ring is 1. The van der Waals surface area contributed by atoms with E-state index in [1.54, 1.807) is 46.5 Å². The zero-order valence-electron chi connectivity index (χ0n) is 15.7. The van der Waals surface area contributed by atoms with Crippen LogP contribution in [0.2, 0.25) is 0 Å². The molecule has 0 atom stereocenters. The van der Waals surface area contributed by atoms with E-state index in [1.165, 1.54) is 0 Å². The maximum atomic E-state index is 12.7. The normalized spacial score (nSPS) is 15.8. The average molecular weight is 401 g/mol. The lowest BCUT2D eigenvalue weighted by Gasteiger charge is -2.25. The Kier molecular flexibility index (Phi) is 4.90. The Morgan fingerprint density at radius 3 is 2.54 bits per heavy atom. The van der Waals surface area contributed by atoms with Gasteiger partial charge in [0.15, 0.2) is 5.65 Å². The minimum Gasteiger partial charge on any atom is -0.383 e. The van der Waals surface area contributed by atoms with E-state index in [-0.39, 0.29) is 0 Å². The van der Waals surface area contributed by atoms with Gasteiger partial charge in [-0.3, -0.25) is 4.68 Å². The zero-order chi connectivity index (χ0) is 19.7. The van der Waals surface area contributed by atoms with Crippen LogP contribution in [0.15, 0.2) is 35.4 Å². The van der Waals surface area contributed by atoms with Crippen molar-refractivity contribution in [3.05, 3.63) is 36.0 Å². The van der Waals surface area contributed by atoms with Gasteiger partial charge in [-0.15, -0.1) is 0 Å². The summed E-state index contributed by atoms with van der Waals surface area (Å²) in [5.41, 5.74) is 7.53. The van der Waals surface area contributed by atoms with Crippen molar-refractivity contribution in [2.75, 3.05) is 24.1 Å². The number of nitrogens with one attached hydrogen (secondary N) is 1. The molecule has 1 saturated heterocycles. The molecule has 1 aromatic carbocycles. The minimum absolute atomic E-state index is 0.329. The second-order valence-electron chi connectivity index (χ2n) is 6.90. The van der Waals surface area contributed by atoms with Gasteiger partial charge in [0.05, 0.1) is 16.5 Å². The highest BCUT2D eigenvalue weighted by Gasteiger charge is 2.25. The fourth-order valence-corrected chi connectivity index (χ4v) is 4.85. The number of fused-ring (bicyclic) bond motifs is 1. The molecule has 0 spiro atoms. The van der Waals surface area contributed by atoms with Crippen LogP contribution in [0.4, 0.5) is 11.8 Å². The summed E-state index contributed by atoms with van der Waals surface area (Å²) in [5, 5.41) is 7.97. The highest BCUT2D eigenvalue weighted by atomic mass is 32.2. The number of hydrogen-bond acceptors (Lipinski definition) is 7. The molecule has 2 aromatic heterocycles. The van der Waals surface area contributed by atoms with Crippen LogP contribution < -0.4 is 11.1 Å². The Hall–Kier alpha value is -2.72. The molecule has 1 aliphatic heterocycles. The van der Waals surface area contributed by atoms with Gasteiger partial charge in [-0.25, -0.2) is 8.42 Å². The molecule has 0 radical (unpaired) electrons. The van der Waals surface area contributed by atoms with Crippen molar-refractivity contribution in [2.45, 2.75) is 30.7 Å². The average Bonchev–Trinajstić information content (AvgIpc) is 3.09. The van der Waals surface area contributed by atoms with Crippen molar-refractivity contribution in [1.29, 1.82) is 0 Å². The number of anilines is 2. The predicted molar refractivity (Wildman–Crippen MR) is 107 cm³/mol. The monoisotopic (exact) mass is 401 g/mol. The molecule has 9 nitrogen and oxygen atoms in total. The molecule has 148 valence electrons. The highest BCUT2D eigenvalue weighted by Crippen LogP contribution is 2.22. The molecule has 0 bridgehead atoms. The maximum absolute atomic E-state index is 12.7. The fourth-order valence-electron chi connectivity index (χ4n) is 3.34. The maximum Gasteiger partial charge on any atom is 0.243 e. The number of aryl methyl sites for hydroxylation is 1. The van der Waals surface area contributed by atoms with Gasteiger partial charge in [0.1, 0.15) is 5.82 Å². The lowest BCUT2D eigenvalue weighted by molar-refractivity contribution is 0.346. The van der Waals surface area contributed by atoms with E-state index in [9.17, 15) is 8.42 Å². The lowest BCUT2D eigenvalue weighted by atomic mass is 10.2. The lowest BCUT2D eigenvalue weighted by Crippen LogP contribution is -2.35. The summed E-state index contributed by atoms with van der Waals surface area (Å²) in [4.78, 5) is 9.00. The largest absolute Gasteiger partial charge is 0.383 e. The first-order valence-electron chi connectivity index (χ1n) is 9.23. The van der Waals surface area contributed by atoms with E-state index in [2.05, 4.69) is 20.4 Å². The molecule has 3 heterocycles. The van der Waals surface area contributed by atoms with Gasteiger partial charge >= 0.3 is 0 Å². The van der Waals surface area contributed by atoms with Crippen molar-refractivity contribution in [3.8, 4) is 0 Å². The van der Waals surface area contributed by atoms with Crippen molar-refractivity contribution >= 4 is 32.8 Å². The van der Waals surface area contributed by atoms with Crippen LogP contribution in [-0.2, 0) is 23.6 Å². The summed E-state index contributed by atoms with van der Waals surface area (Å²) in [6.45, 7) is 1.65. The summed E-state index contributed by atoms with van der Waals surface area (Å²) >= 11 is 0. The number of rotatable bonds is 5. The van der Waals surface area contributed by atoms with Crippen molar-refractivity contribution in [3.63, 3.8) is 0 Å². The van der Waals surface area contributed by atoms with E-state index < -0.39 is 10.0 Å². The molecule has 0 amide bonds. The van der Waals surface area contributed by atoms with E-state index in [1.807, 2.05) is 0 Å². The Labute approximate surface area is 163 Å². The summed E-state index contributed by atoms with van der Waals surface area (Å²) < 4.78 is 28.6. The van der Waals surface area contributed by atoms with Crippen LogP contribution >= 0.6 is 0 Å². The number of benzene rings is 1. The van der Waals surface area contributed by atoms with Crippen molar-refractivity contribution in [2.24, 2.45) is 7.05 Å². The smallest absolute Gasteiger partial charge is 0.243 e. The first-order chi connectivity index (χ1) is 13.4. The Morgan fingerprint density at radius 2 is 1.82 bits per heavy atom. The predicted octanol–water partition coefficient (Wildman–Crippen LogP) is 1.73. The van der Waals surface area contributed by atoms with Crippen LogP contribution in [-0.4, -0.2) is 45.6 Å². The van der Waals surface area contributed by atoms with E-state index in [4.69, 9.17) is 5.73 Å². The van der Waals surface area contributed by atoms with Gasteiger partial charge in [-0.1, -0.05) is 18.6 Å². The molecular formula is C18H23N7O2S. The molecule has 3 N–H and O–H groups in total. The fraction of sp³-hybridized carbons (Fsp3) is 0.389. The molecule has 0 aliphatic carbocycles. The van der Waals surface area contributed by atoms with Crippen LogP contribution in [0, 0.1) is 0 Å². The number of nitrogens with zero attached hydrogens (tertiary/aromatic N) is 5. The number of sulfonamides is 1. The third-order valence-corrected chi connectivity index (χ3v) is 6.86. The van der Waals surface area contributed by atoms with Gasteiger partial charge in [0.25, 0.3) is 0 Å². The number of piperidine rings is 1. The molecule has 1 aliphatic rings. The van der Waals surface area contributed by atoms with Gasteiger partial charge in [-0.05, 0) is 30.5 Å². The molecule has 3 aromatic rings. The molecular weight excluding hydrogens is 378 g/mol. The van der Waals surface area contributed by atoms with E-state index >= 15 is 0 Å². The summed E-state index contributed by atoms with van der Waals surface area (Å²) in [6.07, 6.45) is 4.57. The Balaban J connectivity index is 1.47. The number of nitrogens with two attached hydrogens (primary N) is 1. The first kappa shape index (κ1) is 18.6. The van der Waals surface area contributed by atoms with Crippen molar-refractivity contribution in [1.82, 2.24) is 24.1 Å². The standard InChI is InChI=1S/C18H23N7O2S/c1-24-17-15(12-21-24)16(19)22-18(23-17)20-11-13-5-7-14(8-6-13)28(26,27)25-9-3-2-4-10-25/h5-8,12H,2-4,9-11H2,1H3,(H3,19,20,22,23). The molecule has 10 heteroatoms. The number of hydrogen-bond donors (Lipinski definition) is 2. The van der Waals surface area contributed by atoms with Crippen LogP contribution in [0.5, 0.6) is 0 Å². The molecule has 4 rings (SSSR count). The molecule has 0 saturated carbocycles. The van der Waals surface area contributed by atoms with Crippen LogP contribution in [0.3, 0.4) is 0 Å². The molecule has 0 unspecified atom stereocenters. The second kappa shape index (κ2) is 7.36. The minimum atomic E-state index is -3.41. The van der Waals surface area contributed by atoms with E-state index in [0.29, 0.717) is 47.3 Å². The topological polar surface area (TPSA) is 119 Å². The summed E-state index contributed by atoms with van der Waals surface area (Å²) in [5.74, 6) is 0.766. The third kappa shape index (κ3) is 3.52. The third-order valence-electron chi connectivity index (χ3n) is 4.95. The zero-order valence-corrected chi connectivity index (χ0v) is 16.5. The highest BCUT2D eigenvalue weighted by molar-refractivity contribution is 7.89. The van der Waals surface area contributed by atoms with Crippen molar-refractivity contribution < 1.29 is 8.42 Å². The Bertz CT molecular complexity index is 1090. The summed E-state index contributed by atoms with van der Waals surface area (Å²) in [7, 11) is -1.62.